The second-order valence-electron chi connectivity index (χ2n) is 6.87. The molecule has 9 heteroatoms. The van der Waals surface area contributed by atoms with Crippen molar-refractivity contribution in [1.82, 2.24) is 14.3 Å². The summed E-state index contributed by atoms with van der Waals surface area (Å²) in [6.45, 7) is 0.761. The third-order valence-corrected chi connectivity index (χ3v) is 7.04. The molecule has 1 aliphatic rings. The highest BCUT2D eigenvalue weighted by Gasteiger charge is 2.32. The van der Waals surface area contributed by atoms with Gasteiger partial charge in [0.1, 0.15) is 5.52 Å². The summed E-state index contributed by atoms with van der Waals surface area (Å²) in [6.07, 6.45) is 1.27. The van der Waals surface area contributed by atoms with E-state index in [0.717, 1.165) is 11.1 Å². The van der Waals surface area contributed by atoms with E-state index in [1.165, 1.54) is 22.5 Å². The van der Waals surface area contributed by atoms with Gasteiger partial charge in [0, 0.05) is 19.0 Å². The van der Waals surface area contributed by atoms with Crippen LogP contribution >= 0.6 is 0 Å². The topological polar surface area (TPSA) is 109 Å². The highest BCUT2D eigenvalue weighted by Crippen LogP contribution is 2.32. The van der Waals surface area contributed by atoms with Crippen LogP contribution in [-0.4, -0.2) is 35.8 Å². The smallest absolute Gasteiger partial charge is 0.417 e. The van der Waals surface area contributed by atoms with Crippen LogP contribution in [-0.2, 0) is 10.0 Å². The van der Waals surface area contributed by atoms with Gasteiger partial charge in [-0.1, -0.05) is 12.1 Å². The number of fused-ring (bicyclic) bond motifs is 2. The number of piperidine rings is 1. The lowest BCUT2D eigenvalue weighted by Crippen LogP contribution is -2.37. The van der Waals surface area contributed by atoms with Crippen LogP contribution in [0.5, 0.6) is 0 Å². The number of nitrogens with one attached hydrogen (secondary N) is 1. The Morgan fingerprint density at radius 1 is 1.04 bits per heavy atom. The minimum absolute atomic E-state index is 0.0894. The van der Waals surface area contributed by atoms with E-state index in [0.29, 0.717) is 42.9 Å². The van der Waals surface area contributed by atoms with E-state index >= 15 is 0 Å². The van der Waals surface area contributed by atoms with Gasteiger partial charge in [-0.3, -0.25) is 4.98 Å². The van der Waals surface area contributed by atoms with E-state index in [4.69, 9.17) is 8.83 Å². The monoisotopic (exact) mass is 399 g/mol. The molecule has 144 valence electrons. The number of para-hydroxylation sites is 2. The van der Waals surface area contributed by atoms with Crippen LogP contribution in [0.1, 0.15) is 24.7 Å². The number of sulfonamides is 1. The second-order valence-corrected chi connectivity index (χ2v) is 8.81. The zero-order chi connectivity index (χ0) is 19.3. The molecule has 1 aliphatic heterocycles. The lowest BCUT2D eigenvalue weighted by molar-refractivity contribution is 0.293. The maximum Gasteiger partial charge on any atom is 0.417 e. The van der Waals surface area contributed by atoms with Gasteiger partial charge < -0.3 is 8.83 Å². The van der Waals surface area contributed by atoms with Crippen LogP contribution in [0.2, 0.25) is 0 Å². The third kappa shape index (κ3) is 2.83. The Hall–Kier alpha value is -2.91. The van der Waals surface area contributed by atoms with Crippen molar-refractivity contribution in [3.05, 3.63) is 58.9 Å². The predicted octanol–water partition coefficient (Wildman–Crippen LogP) is 2.83. The predicted molar refractivity (Wildman–Crippen MR) is 102 cm³/mol. The summed E-state index contributed by atoms with van der Waals surface area (Å²) in [7, 11) is -3.66. The molecule has 0 amide bonds. The van der Waals surface area contributed by atoms with Crippen molar-refractivity contribution in [2.24, 2.45) is 0 Å². The summed E-state index contributed by atoms with van der Waals surface area (Å²) >= 11 is 0. The fourth-order valence-corrected chi connectivity index (χ4v) is 5.14. The first kappa shape index (κ1) is 17.2. The van der Waals surface area contributed by atoms with Crippen molar-refractivity contribution in [2.45, 2.75) is 23.7 Å². The first-order valence-electron chi connectivity index (χ1n) is 8.99. The van der Waals surface area contributed by atoms with Gasteiger partial charge in [0.05, 0.1) is 10.4 Å². The minimum atomic E-state index is -3.66. The van der Waals surface area contributed by atoms with Crippen molar-refractivity contribution in [2.75, 3.05) is 13.1 Å². The van der Waals surface area contributed by atoms with Crippen LogP contribution in [0.15, 0.2) is 61.0 Å². The van der Waals surface area contributed by atoms with E-state index in [2.05, 4.69) is 9.97 Å². The number of hydrogen-bond donors (Lipinski definition) is 1. The van der Waals surface area contributed by atoms with E-state index < -0.39 is 15.8 Å². The van der Waals surface area contributed by atoms with Gasteiger partial charge in [-0.05, 0) is 43.2 Å². The van der Waals surface area contributed by atoms with Crippen LogP contribution < -0.4 is 5.76 Å². The summed E-state index contributed by atoms with van der Waals surface area (Å²) in [5.41, 5.74) is 2.26. The molecule has 5 rings (SSSR count). The number of hydrogen-bond acceptors (Lipinski definition) is 6. The molecular weight excluding hydrogens is 382 g/mol. The first-order chi connectivity index (χ1) is 13.5. The molecule has 0 atom stereocenters. The fraction of sp³-hybridized carbons (Fsp3) is 0.263. The number of benzene rings is 2. The van der Waals surface area contributed by atoms with E-state index in [9.17, 15) is 13.2 Å². The summed E-state index contributed by atoms with van der Waals surface area (Å²) in [5.74, 6) is 0.144. The molecule has 1 fully saturated rings. The average Bonchev–Trinajstić information content (AvgIpc) is 3.29. The molecule has 0 bridgehead atoms. The zero-order valence-electron chi connectivity index (χ0n) is 14.8. The average molecular weight is 399 g/mol. The van der Waals surface area contributed by atoms with Crippen molar-refractivity contribution in [1.29, 1.82) is 0 Å². The molecule has 1 N–H and O–H groups in total. The van der Waals surface area contributed by atoms with Crippen molar-refractivity contribution in [3.8, 4) is 0 Å². The molecule has 28 heavy (non-hydrogen) atoms. The molecule has 2 aromatic heterocycles. The number of nitrogens with zero attached hydrogens (tertiary/aromatic N) is 2. The number of H-pyrrole nitrogens is 1. The largest absolute Gasteiger partial charge is 0.440 e. The molecule has 0 aliphatic carbocycles. The molecule has 2 aromatic carbocycles. The highest BCUT2D eigenvalue weighted by atomic mass is 32.2. The van der Waals surface area contributed by atoms with Gasteiger partial charge >= 0.3 is 5.76 Å². The van der Waals surface area contributed by atoms with Gasteiger partial charge in [0.2, 0.25) is 10.0 Å². The standard InChI is InChI=1S/C19H17N3O5S/c23-19-21-15-11-13(5-6-17(15)27-19)28(24,25)22-9-7-12(8-10-22)18-20-14-3-1-2-4-16(14)26-18/h1-6,11-12H,7-10H2,(H,21,23). The SMILES string of the molecule is O=c1[nH]c2cc(S(=O)(=O)N3CCC(c4nc5ccccc5o4)CC3)ccc2o1. The molecule has 4 aromatic rings. The van der Waals surface area contributed by atoms with Gasteiger partial charge in [-0.2, -0.15) is 4.31 Å². The molecule has 0 unspecified atom stereocenters. The maximum atomic E-state index is 13.0. The fourth-order valence-electron chi connectivity index (χ4n) is 3.65. The van der Waals surface area contributed by atoms with Crippen molar-refractivity contribution in [3.63, 3.8) is 0 Å². The van der Waals surface area contributed by atoms with E-state index in [-0.39, 0.29) is 10.8 Å². The molecule has 0 spiro atoms. The van der Waals surface area contributed by atoms with Crippen LogP contribution in [0.3, 0.4) is 0 Å². The molecule has 3 heterocycles. The number of aromatic nitrogens is 2. The van der Waals surface area contributed by atoms with Gasteiger partial charge in [-0.25, -0.2) is 18.2 Å². The van der Waals surface area contributed by atoms with Gasteiger partial charge in [-0.15, -0.1) is 0 Å². The number of rotatable bonds is 3. The maximum absolute atomic E-state index is 13.0. The highest BCUT2D eigenvalue weighted by molar-refractivity contribution is 7.89. The summed E-state index contributed by atoms with van der Waals surface area (Å²) < 4.78 is 38.2. The quantitative estimate of drug-likeness (QED) is 0.567. The summed E-state index contributed by atoms with van der Waals surface area (Å²) in [5, 5.41) is 0. The summed E-state index contributed by atoms with van der Waals surface area (Å²) in [6, 6.07) is 12.0. The summed E-state index contributed by atoms with van der Waals surface area (Å²) in [4.78, 5) is 18.5. The minimum Gasteiger partial charge on any atom is -0.440 e. The van der Waals surface area contributed by atoms with Crippen molar-refractivity contribution < 1.29 is 17.3 Å². The molecule has 1 saturated heterocycles. The Labute approximate surface area is 159 Å². The lowest BCUT2D eigenvalue weighted by atomic mass is 9.98. The normalized spacial score (nSPS) is 16.9. The zero-order valence-corrected chi connectivity index (χ0v) is 15.6. The Balaban J connectivity index is 1.36. The molecular formula is C19H17N3O5S. The second kappa shape index (κ2) is 6.32. The third-order valence-electron chi connectivity index (χ3n) is 5.14. The van der Waals surface area contributed by atoms with Gasteiger partial charge in [0.25, 0.3) is 0 Å². The molecule has 0 saturated carbocycles. The first-order valence-corrected chi connectivity index (χ1v) is 10.4. The molecule has 0 radical (unpaired) electrons. The number of aromatic amines is 1. The Morgan fingerprint density at radius 3 is 2.61 bits per heavy atom. The Kier molecular flexibility index (Phi) is 3.88. The van der Waals surface area contributed by atoms with Crippen molar-refractivity contribution >= 4 is 32.2 Å². The van der Waals surface area contributed by atoms with Crippen LogP contribution in [0.4, 0.5) is 0 Å². The lowest BCUT2D eigenvalue weighted by Gasteiger charge is -2.29. The number of oxazole rings is 2. The molecule has 8 nitrogen and oxygen atoms in total. The van der Waals surface area contributed by atoms with Crippen LogP contribution in [0.25, 0.3) is 22.2 Å². The Morgan fingerprint density at radius 2 is 1.82 bits per heavy atom. The van der Waals surface area contributed by atoms with Crippen LogP contribution in [0, 0.1) is 0 Å². The van der Waals surface area contributed by atoms with Gasteiger partial charge in [0.15, 0.2) is 17.1 Å². The Bertz CT molecular complexity index is 1290. The van der Waals surface area contributed by atoms with E-state index in [1.54, 1.807) is 0 Å². The van der Waals surface area contributed by atoms with E-state index in [1.807, 2.05) is 24.3 Å².